The summed E-state index contributed by atoms with van der Waals surface area (Å²) in [4.78, 5) is 45.9. The van der Waals surface area contributed by atoms with Gasteiger partial charge in [0.1, 0.15) is 24.5 Å². The fourth-order valence-corrected chi connectivity index (χ4v) is 5.08. The molecule has 1 amide bonds. The van der Waals surface area contributed by atoms with Crippen LogP contribution in [0.1, 0.15) is 32.3 Å². The Kier molecular flexibility index (Phi) is 6.87. The molecule has 0 bridgehead atoms. The van der Waals surface area contributed by atoms with Crippen molar-refractivity contribution in [1.29, 1.82) is 0 Å². The molecule has 1 atom stereocenters. The highest BCUT2D eigenvalue weighted by Gasteiger charge is 2.55. The molecule has 2 aromatic heterocycles. The van der Waals surface area contributed by atoms with Gasteiger partial charge < -0.3 is 19.1 Å². The predicted octanol–water partition coefficient (Wildman–Crippen LogP) is 0.897. The Morgan fingerprint density at radius 3 is 2.68 bits per heavy atom. The zero-order valence-corrected chi connectivity index (χ0v) is 20.8. The lowest BCUT2D eigenvalue weighted by Crippen LogP contribution is -2.53. The number of carbonyl (C=O) groups excluding carboxylic acids is 3. The van der Waals surface area contributed by atoms with Gasteiger partial charge in [0, 0.05) is 12.7 Å². The zero-order valence-electron chi connectivity index (χ0n) is 20.8. The first kappa shape index (κ1) is 24.8. The number of aromatic nitrogens is 5. The highest BCUT2D eigenvalue weighted by molar-refractivity contribution is 5.92. The van der Waals surface area contributed by atoms with Crippen LogP contribution in [0, 0.1) is 5.41 Å². The third-order valence-corrected chi connectivity index (χ3v) is 7.37. The SMILES string of the molecule is CCOC(=O)C1(C2CN(C3=C(C)C(=O)OC3)C(=O)O2)CCN(CCc2ccc(-n3cnnn3)nc2)CC1. The van der Waals surface area contributed by atoms with Gasteiger partial charge in [-0.2, -0.15) is 4.68 Å². The number of nitrogens with zero attached hydrogens (tertiary/aromatic N) is 7. The molecule has 0 N–H and O–H groups in total. The van der Waals surface area contributed by atoms with E-state index >= 15 is 0 Å². The molecule has 3 aliphatic heterocycles. The van der Waals surface area contributed by atoms with Gasteiger partial charge in [-0.15, -0.1) is 5.10 Å². The fourth-order valence-electron chi connectivity index (χ4n) is 5.08. The van der Waals surface area contributed by atoms with E-state index in [-0.39, 0.29) is 25.7 Å². The van der Waals surface area contributed by atoms with E-state index in [9.17, 15) is 14.4 Å². The van der Waals surface area contributed by atoms with Crippen LogP contribution in [0.25, 0.3) is 5.82 Å². The van der Waals surface area contributed by atoms with Gasteiger partial charge in [-0.05, 0) is 68.3 Å². The van der Waals surface area contributed by atoms with Crippen LogP contribution in [-0.2, 0) is 30.2 Å². The minimum atomic E-state index is -0.941. The maximum Gasteiger partial charge on any atom is 0.414 e. The molecule has 0 aliphatic carbocycles. The van der Waals surface area contributed by atoms with Gasteiger partial charge in [-0.25, -0.2) is 14.6 Å². The number of likely N-dealkylation sites (tertiary alicyclic amines) is 1. The van der Waals surface area contributed by atoms with Crippen LogP contribution in [0.15, 0.2) is 35.9 Å². The molecule has 2 saturated heterocycles. The average Bonchev–Trinajstić information content (AvgIpc) is 3.65. The van der Waals surface area contributed by atoms with Gasteiger partial charge in [0.25, 0.3) is 0 Å². The Morgan fingerprint density at radius 1 is 1.24 bits per heavy atom. The lowest BCUT2D eigenvalue weighted by molar-refractivity contribution is -0.166. The van der Waals surface area contributed by atoms with Crippen LogP contribution >= 0.6 is 0 Å². The number of pyridine rings is 1. The van der Waals surface area contributed by atoms with Crippen LogP contribution in [0.5, 0.6) is 0 Å². The predicted molar refractivity (Wildman–Crippen MR) is 126 cm³/mol. The normalized spacial score (nSPS) is 21.8. The van der Waals surface area contributed by atoms with E-state index in [2.05, 4.69) is 25.4 Å². The first-order chi connectivity index (χ1) is 17.9. The summed E-state index contributed by atoms with van der Waals surface area (Å²) in [6, 6.07) is 3.87. The number of rotatable bonds is 8. The Bertz CT molecular complexity index is 1190. The van der Waals surface area contributed by atoms with Crippen molar-refractivity contribution < 1.29 is 28.6 Å². The highest BCUT2D eigenvalue weighted by atomic mass is 16.6. The standard InChI is InChI=1S/C24H29N7O6/c1-3-35-22(33)24(19-13-30(23(34)37-19)18-14-36-21(32)16(18)2)7-10-29(11-8-24)9-6-17-4-5-20(25-12-17)31-15-26-27-28-31/h4-5,12,15,19H,3,6-11,13-14H2,1-2H3. The summed E-state index contributed by atoms with van der Waals surface area (Å²) in [5.41, 5.74) is 1.02. The molecule has 1 unspecified atom stereocenters. The minimum Gasteiger partial charge on any atom is -0.465 e. The van der Waals surface area contributed by atoms with Gasteiger partial charge in [0.15, 0.2) is 5.82 Å². The van der Waals surface area contributed by atoms with Gasteiger partial charge in [0.05, 0.1) is 24.4 Å². The van der Waals surface area contributed by atoms with Crippen LogP contribution in [0.3, 0.4) is 0 Å². The van der Waals surface area contributed by atoms with Gasteiger partial charge in [-0.1, -0.05) is 6.07 Å². The molecule has 0 aromatic carbocycles. The molecule has 2 fully saturated rings. The Morgan fingerprint density at radius 2 is 2.05 bits per heavy atom. The van der Waals surface area contributed by atoms with Gasteiger partial charge in [-0.3, -0.25) is 9.69 Å². The van der Waals surface area contributed by atoms with Crippen LogP contribution in [-0.4, -0.2) is 98.5 Å². The summed E-state index contributed by atoms with van der Waals surface area (Å²) in [5.74, 6) is -0.147. The Labute approximate surface area is 213 Å². The summed E-state index contributed by atoms with van der Waals surface area (Å²) in [5, 5.41) is 11.1. The van der Waals surface area contributed by atoms with Crippen molar-refractivity contribution in [2.75, 3.05) is 39.4 Å². The van der Waals surface area contributed by atoms with Crippen molar-refractivity contribution in [2.24, 2.45) is 5.41 Å². The van der Waals surface area contributed by atoms with Crippen LogP contribution in [0.2, 0.25) is 0 Å². The van der Waals surface area contributed by atoms with E-state index in [1.165, 1.54) is 15.9 Å². The first-order valence-corrected chi connectivity index (χ1v) is 12.3. The van der Waals surface area contributed by atoms with Crippen molar-refractivity contribution >= 4 is 18.0 Å². The molecule has 13 heteroatoms. The van der Waals surface area contributed by atoms with E-state index in [4.69, 9.17) is 14.2 Å². The summed E-state index contributed by atoms with van der Waals surface area (Å²) in [6.45, 7) is 5.96. The van der Waals surface area contributed by atoms with Gasteiger partial charge in [0.2, 0.25) is 0 Å². The number of ether oxygens (including phenoxy) is 3. The highest BCUT2D eigenvalue weighted by Crippen LogP contribution is 2.42. The van der Waals surface area contributed by atoms with E-state index in [1.807, 2.05) is 18.3 Å². The number of amides is 1. The summed E-state index contributed by atoms with van der Waals surface area (Å²) < 4.78 is 17.7. The Balaban J connectivity index is 1.22. The number of hydrogen-bond acceptors (Lipinski definition) is 11. The molecular formula is C24H29N7O6. The lowest BCUT2D eigenvalue weighted by Gasteiger charge is -2.42. The van der Waals surface area contributed by atoms with Crippen LogP contribution in [0.4, 0.5) is 4.79 Å². The molecule has 0 spiro atoms. The zero-order chi connectivity index (χ0) is 26.0. The van der Waals surface area contributed by atoms with Crippen molar-refractivity contribution in [3.8, 4) is 5.82 Å². The van der Waals surface area contributed by atoms with Gasteiger partial charge >= 0.3 is 18.0 Å². The van der Waals surface area contributed by atoms with Crippen LogP contribution < -0.4 is 0 Å². The van der Waals surface area contributed by atoms with E-state index in [0.717, 1.165) is 18.5 Å². The largest absolute Gasteiger partial charge is 0.465 e. The molecule has 37 heavy (non-hydrogen) atoms. The monoisotopic (exact) mass is 511 g/mol. The smallest absolute Gasteiger partial charge is 0.414 e. The maximum atomic E-state index is 13.2. The molecule has 196 valence electrons. The number of hydrogen-bond donors (Lipinski definition) is 0. The molecule has 0 saturated carbocycles. The quantitative estimate of drug-likeness (QED) is 0.368. The molecule has 0 radical (unpaired) electrons. The number of esters is 2. The van der Waals surface area contributed by atoms with E-state index < -0.39 is 23.6 Å². The van der Waals surface area contributed by atoms with E-state index in [0.29, 0.717) is 43.0 Å². The van der Waals surface area contributed by atoms with Crippen molar-refractivity contribution in [2.45, 2.75) is 39.2 Å². The summed E-state index contributed by atoms with van der Waals surface area (Å²) in [6.07, 6.45) is 3.86. The number of carbonyl (C=O) groups is 3. The third kappa shape index (κ3) is 4.78. The topological polar surface area (TPSA) is 142 Å². The number of piperidine rings is 1. The molecule has 5 heterocycles. The summed E-state index contributed by atoms with van der Waals surface area (Å²) in [7, 11) is 0. The average molecular weight is 512 g/mol. The van der Waals surface area contributed by atoms with E-state index in [1.54, 1.807) is 13.8 Å². The van der Waals surface area contributed by atoms with Crippen molar-refractivity contribution in [1.82, 2.24) is 35.0 Å². The second kappa shape index (κ2) is 10.2. The first-order valence-electron chi connectivity index (χ1n) is 12.3. The second-order valence-corrected chi connectivity index (χ2v) is 9.38. The molecule has 13 nitrogen and oxygen atoms in total. The molecule has 3 aliphatic rings. The summed E-state index contributed by atoms with van der Waals surface area (Å²) >= 11 is 0. The number of cyclic esters (lactones) is 2. The molecular weight excluding hydrogens is 482 g/mol. The van der Waals surface area contributed by atoms with Crippen molar-refractivity contribution in [3.05, 3.63) is 41.5 Å². The maximum absolute atomic E-state index is 13.2. The third-order valence-electron chi connectivity index (χ3n) is 7.37. The minimum absolute atomic E-state index is 0.0260. The number of tetrazole rings is 1. The fraction of sp³-hybridized carbons (Fsp3) is 0.542. The molecule has 2 aromatic rings. The molecule has 5 rings (SSSR count). The van der Waals surface area contributed by atoms with Crippen molar-refractivity contribution in [3.63, 3.8) is 0 Å². The second-order valence-electron chi connectivity index (χ2n) is 9.38. The lowest BCUT2D eigenvalue weighted by atomic mass is 9.73. The Hall–Kier alpha value is -3.87.